The second-order valence-electron chi connectivity index (χ2n) is 8.12. The molecule has 3 heterocycles. The van der Waals surface area contributed by atoms with E-state index in [1.165, 1.54) is 0 Å². The van der Waals surface area contributed by atoms with E-state index in [4.69, 9.17) is 15.1 Å². The van der Waals surface area contributed by atoms with Gasteiger partial charge < -0.3 is 20.0 Å². The van der Waals surface area contributed by atoms with Gasteiger partial charge in [0.2, 0.25) is 0 Å². The van der Waals surface area contributed by atoms with Crippen LogP contribution >= 0.6 is 0 Å². The number of furan rings is 1. The summed E-state index contributed by atoms with van der Waals surface area (Å²) >= 11 is 0. The topological polar surface area (TPSA) is 88.5 Å². The molecule has 7 heteroatoms. The Labute approximate surface area is 173 Å². The van der Waals surface area contributed by atoms with Gasteiger partial charge in [-0.3, -0.25) is 4.79 Å². The molecule has 0 radical (unpaired) electrons. The summed E-state index contributed by atoms with van der Waals surface area (Å²) in [6.07, 6.45) is 1.81. The van der Waals surface area contributed by atoms with Crippen LogP contribution in [-0.2, 0) is 6.54 Å². The molecule has 1 amide bonds. The van der Waals surface area contributed by atoms with Crippen LogP contribution in [0.2, 0.25) is 0 Å². The normalized spacial score (nSPS) is 15.2. The summed E-state index contributed by atoms with van der Waals surface area (Å²) in [5.41, 5.74) is 7.51. The zero-order valence-corrected chi connectivity index (χ0v) is 18.2. The molecule has 1 aliphatic rings. The van der Waals surface area contributed by atoms with E-state index in [9.17, 15) is 4.79 Å². The van der Waals surface area contributed by atoms with Gasteiger partial charge in [-0.1, -0.05) is 13.8 Å². The van der Waals surface area contributed by atoms with Crippen LogP contribution in [0.15, 0.2) is 16.5 Å². The summed E-state index contributed by atoms with van der Waals surface area (Å²) in [5.74, 6) is 3.21. The van der Waals surface area contributed by atoms with Crippen LogP contribution in [0.5, 0.6) is 0 Å². The van der Waals surface area contributed by atoms with Gasteiger partial charge >= 0.3 is 0 Å². The van der Waals surface area contributed by atoms with Crippen molar-refractivity contribution in [2.24, 2.45) is 5.73 Å². The first kappa shape index (κ1) is 21.3. The number of aromatic nitrogens is 2. The Kier molecular flexibility index (Phi) is 6.57. The molecular formula is C22H33N5O2. The van der Waals surface area contributed by atoms with Crippen molar-refractivity contribution in [1.82, 2.24) is 14.9 Å². The Bertz CT molecular complexity index is 853. The second kappa shape index (κ2) is 8.95. The lowest BCUT2D eigenvalue weighted by atomic mass is 10.0. The third-order valence-corrected chi connectivity index (χ3v) is 5.57. The van der Waals surface area contributed by atoms with Gasteiger partial charge in [-0.15, -0.1) is 0 Å². The summed E-state index contributed by atoms with van der Waals surface area (Å²) in [6.45, 7) is 12.9. The molecule has 0 bridgehead atoms. The van der Waals surface area contributed by atoms with Gasteiger partial charge in [-0.05, 0) is 39.7 Å². The van der Waals surface area contributed by atoms with Crippen LogP contribution in [0.1, 0.15) is 72.9 Å². The van der Waals surface area contributed by atoms with Crippen LogP contribution in [0, 0.1) is 13.8 Å². The Morgan fingerprint density at radius 3 is 2.52 bits per heavy atom. The van der Waals surface area contributed by atoms with Gasteiger partial charge in [0, 0.05) is 48.9 Å². The number of amides is 1. The Balaban J connectivity index is 1.70. The summed E-state index contributed by atoms with van der Waals surface area (Å²) < 4.78 is 5.69. The number of carbonyl (C=O) groups is 1. The molecule has 158 valence electrons. The van der Waals surface area contributed by atoms with E-state index in [1.54, 1.807) is 0 Å². The molecule has 29 heavy (non-hydrogen) atoms. The third kappa shape index (κ3) is 4.61. The van der Waals surface area contributed by atoms with Crippen molar-refractivity contribution in [3.8, 4) is 0 Å². The van der Waals surface area contributed by atoms with Crippen LogP contribution in [0.4, 0.5) is 5.82 Å². The third-order valence-electron chi connectivity index (χ3n) is 5.57. The van der Waals surface area contributed by atoms with Gasteiger partial charge in [0.05, 0.1) is 6.54 Å². The monoisotopic (exact) mass is 399 g/mol. The maximum atomic E-state index is 13.1. The van der Waals surface area contributed by atoms with E-state index < -0.39 is 0 Å². The molecule has 2 aromatic heterocycles. The molecule has 2 N–H and O–H groups in total. The molecule has 0 spiro atoms. The highest BCUT2D eigenvalue weighted by molar-refractivity contribution is 5.93. The molecule has 1 fully saturated rings. The van der Waals surface area contributed by atoms with Crippen molar-refractivity contribution in [3.63, 3.8) is 0 Å². The highest BCUT2D eigenvalue weighted by Crippen LogP contribution is 2.25. The van der Waals surface area contributed by atoms with Gasteiger partial charge in [-0.2, -0.15) is 0 Å². The fourth-order valence-corrected chi connectivity index (χ4v) is 3.96. The van der Waals surface area contributed by atoms with Crippen LogP contribution in [0.3, 0.4) is 0 Å². The minimum absolute atomic E-state index is 0.0388. The van der Waals surface area contributed by atoms with Crippen molar-refractivity contribution in [2.75, 3.05) is 24.5 Å². The van der Waals surface area contributed by atoms with E-state index in [0.717, 1.165) is 48.8 Å². The number of carbonyl (C=O) groups excluding carboxylic acids is 1. The highest BCUT2D eigenvalue weighted by Gasteiger charge is 2.30. The first-order valence-corrected chi connectivity index (χ1v) is 10.5. The van der Waals surface area contributed by atoms with Crippen LogP contribution in [-0.4, -0.2) is 46.5 Å². The molecular weight excluding hydrogens is 366 g/mol. The number of nitrogens with zero attached hydrogens (tertiary/aromatic N) is 4. The maximum absolute atomic E-state index is 13.1. The molecule has 7 nitrogen and oxygen atoms in total. The van der Waals surface area contributed by atoms with Crippen molar-refractivity contribution >= 4 is 11.7 Å². The van der Waals surface area contributed by atoms with Gasteiger partial charge in [-0.25, -0.2) is 9.97 Å². The standard InChI is InChI=1S/C22H33N5O2/c1-6-27(22(28)20-15(4)11-18(13-23)29-20)17-7-9-26(10-8-17)19-12-16(5)24-21(25-19)14(2)3/h11-12,14,17H,6-10,13,23H2,1-5H3. The van der Waals surface area contributed by atoms with Crippen molar-refractivity contribution in [3.05, 3.63) is 40.7 Å². The first-order chi connectivity index (χ1) is 13.8. The largest absolute Gasteiger partial charge is 0.454 e. The molecule has 1 saturated heterocycles. The molecule has 0 unspecified atom stereocenters. The minimum atomic E-state index is -0.0388. The molecule has 3 rings (SSSR count). The zero-order valence-electron chi connectivity index (χ0n) is 18.2. The molecule has 0 aromatic carbocycles. The number of hydrogen-bond donors (Lipinski definition) is 1. The zero-order chi connectivity index (χ0) is 21.1. The van der Waals surface area contributed by atoms with E-state index in [-0.39, 0.29) is 11.9 Å². The lowest BCUT2D eigenvalue weighted by molar-refractivity contribution is 0.0627. The Hall–Kier alpha value is -2.41. The maximum Gasteiger partial charge on any atom is 0.290 e. The van der Waals surface area contributed by atoms with Crippen LogP contribution < -0.4 is 10.6 Å². The number of hydrogen-bond acceptors (Lipinski definition) is 6. The quantitative estimate of drug-likeness (QED) is 0.801. The van der Waals surface area contributed by atoms with E-state index in [0.29, 0.717) is 30.5 Å². The molecule has 0 aliphatic carbocycles. The average Bonchev–Trinajstić information content (AvgIpc) is 3.09. The van der Waals surface area contributed by atoms with Crippen molar-refractivity contribution in [1.29, 1.82) is 0 Å². The Morgan fingerprint density at radius 1 is 1.28 bits per heavy atom. The van der Waals surface area contributed by atoms with Gasteiger partial charge in [0.1, 0.15) is 17.4 Å². The predicted molar refractivity (Wildman–Crippen MR) is 114 cm³/mol. The SMILES string of the molecule is CCN(C(=O)c1oc(CN)cc1C)C1CCN(c2cc(C)nc(C(C)C)n2)CC1. The number of rotatable bonds is 6. The number of piperidine rings is 1. The molecule has 1 aliphatic heterocycles. The van der Waals surface area contributed by atoms with Crippen LogP contribution in [0.25, 0.3) is 0 Å². The number of aryl methyl sites for hydroxylation is 2. The lowest BCUT2D eigenvalue weighted by Crippen LogP contribution is -2.47. The Morgan fingerprint density at radius 2 is 1.97 bits per heavy atom. The first-order valence-electron chi connectivity index (χ1n) is 10.5. The van der Waals surface area contributed by atoms with Gasteiger partial charge in [0.15, 0.2) is 5.76 Å². The van der Waals surface area contributed by atoms with Crippen molar-refractivity contribution in [2.45, 2.75) is 66.0 Å². The fraction of sp³-hybridized carbons (Fsp3) is 0.591. The van der Waals surface area contributed by atoms with Gasteiger partial charge in [0.25, 0.3) is 5.91 Å². The summed E-state index contributed by atoms with van der Waals surface area (Å²) in [5, 5.41) is 0. The number of anilines is 1. The molecule has 2 aromatic rings. The minimum Gasteiger partial charge on any atom is -0.454 e. The number of nitrogens with two attached hydrogens (primary N) is 1. The summed E-state index contributed by atoms with van der Waals surface area (Å²) in [6, 6.07) is 4.10. The lowest BCUT2D eigenvalue weighted by Gasteiger charge is -2.38. The molecule has 0 atom stereocenters. The fourth-order valence-electron chi connectivity index (χ4n) is 3.96. The van der Waals surface area contributed by atoms with E-state index >= 15 is 0 Å². The van der Waals surface area contributed by atoms with Crippen molar-refractivity contribution < 1.29 is 9.21 Å². The van der Waals surface area contributed by atoms with E-state index in [2.05, 4.69) is 29.8 Å². The second-order valence-corrected chi connectivity index (χ2v) is 8.12. The summed E-state index contributed by atoms with van der Waals surface area (Å²) in [4.78, 5) is 26.7. The predicted octanol–water partition coefficient (Wildman–Crippen LogP) is 3.40. The molecule has 0 saturated carbocycles. The smallest absolute Gasteiger partial charge is 0.290 e. The summed E-state index contributed by atoms with van der Waals surface area (Å²) in [7, 11) is 0. The van der Waals surface area contributed by atoms with E-state index in [1.807, 2.05) is 31.7 Å². The average molecular weight is 400 g/mol. The highest BCUT2D eigenvalue weighted by atomic mass is 16.4.